The number of hydrogen-bond donors (Lipinski definition) is 0. The van der Waals surface area contributed by atoms with Crippen molar-refractivity contribution in [3.8, 4) is 0 Å². The van der Waals surface area contributed by atoms with Crippen LogP contribution < -0.4 is 0 Å². The van der Waals surface area contributed by atoms with Crippen molar-refractivity contribution in [3.05, 3.63) is 53.6 Å². The Labute approximate surface area is 154 Å². The fraction of sp³-hybridized carbons (Fsp3) is 0.524. The molecule has 1 aromatic heterocycles. The topological polar surface area (TPSA) is 34.0 Å². The van der Waals surface area contributed by atoms with Gasteiger partial charge in [-0.15, -0.1) is 5.10 Å². The van der Waals surface area contributed by atoms with Gasteiger partial charge in [-0.05, 0) is 43.4 Å². The van der Waals surface area contributed by atoms with E-state index < -0.39 is 0 Å². The molecule has 0 N–H and O–H groups in total. The van der Waals surface area contributed by atoms with Gasteiger partial charge in [0.25, 0.3) is 0 Å². The average Bonchev–Trinajstić information content (AvgIpc) is 3.36. The van der Waals surface area contributed by atoms with Gasteiger partial charge >= 0.3 is 0 Å². The lowest BCUT2D eigenvalue weighted by molar-refractivity contribution is 0.194. The number of nitrogens with zero attached hydrogens (tertiary/aromatic N) is 4. The number of piperidine rings is 1. The fourth-order valence-electron chi connectivity index (χ4n) is 4.16. The maximum atomic E-state index is 12.9. The summed E-state index contributed by atoms with van der Waals surface area (Å²) in [5.41, 5.74) is 2.25. The number of likely N-dealkylation sites (tertiary alicyclic amines) is 1. The van der Waals surface area contributed by atoms with Gasteiger partial charge in [-0.2, -0.15) is 0 Å². The van der Waals surface area contributed by atoms with Crippen LogP contribution in [0.2, 0.25) is 0 Å². The van der Waals surface area contributed by atoms with Gasteiger partial charge in [0.05, 0.1) is 11.7 Å². The minimum atomic E-state index is -0.187. The van der Waals surface area contributed by atoms with Crippen molar-refractivity contribution in [1.29, 1.82) is 0 Å². The third kappa shape index (κ3) is 4.21. The molecule has 2 aromatic rings. The number of halogens is 1. The van der Waals surface area contributed by atoms with Crippen molar-refractivity contribution in [3.63, 3.8) is 0 Å². The Bertz CT molecular complexity index is 723. The summed E-state index contributed by atoms with van der Waals surface area (Å²) >= 11 is 0. The lowest BCUT2D eigenvalue weighted by atomic mass is 10.0. The molecule has 5 heteroatoms. The normalized spacial score (nSPS) is 20.3. The predicted molar refractivity (Wildman–Crippen MR) is 101 cm³/mol. The van der Waals surface area contributed by atoms with E-state index in [2.05, 4.69) is 38.2 Å². The maximum Gasteiger partial charge on any atom is 0.123 e. The molecule has 1 saturated heterocycles. The molecule has 0 unspecified atom stereocenters. The van der Waals surface area contributed by atoms with Crippen LogP contribution in [0.4, 0.5) is 4.39 Å². The van der Waals surface area contributed by atoms with Gasteiger partial charge in [0, 0.05) is 31.7 Å². The lowest BCUT2D eigenvalue weighted by Gasteiger charge is -2.30. The highest BCUT2D eigenvalue weighted by Gasteiger charge is 2.24. The van der Waals surface area contributed by atoms with Crippen LogP contribution in [0.5, 0.6) is 0 Å². The highest BCUT2D eigenvalue weighted by molar-refractivity contribution is 5.48. The molecule has 0 radical (unpaired) electrons. The lowest BCUT2D eigenvalue weighted by Crippen LogP contribution is -2.34. The average molecular weight is 354 g/mol. The van der Waals surface area contributed by atoms with E-state index >= 15 is 0 Å². The molecule has 26 heavy (non-hydrogen) atoms. The molecule has 1 aromatic carbocycles. The number of benzene rings is 1. The Morgan fingerprint density at radius 3 is 2.50 bits per heavy atom. The molecule has 1 saturated carbocycles. The van der Waals surface area contributed by atoms with E-state index in [1.807, 2.05) is 12.1 Å². The quantitative estimate of drug-likeness (QED) is 0.797. The fourth-order valence-corrected chi connectivity index (χ4v) is 4.16. The van der Waals surface area contributed by atoms with Crippen LogP contribution in [0, 0.1) is 5.82 Å². The van der Waals surface area contributed by atoms with Gasteiger partial charge in [-0.3, -0.25) is 4.90 Å². The summed E-state index contributed by atoms with van der Waals surface area (Å²) in [6.45, 7) is 3.10. The molecule has 2 heterocycles. The van der Waals surface area contributed by atoms with Crippen LogP contribution in [-0.4, -0.2) is 39.5 Å². The van der Waals surface area contributed by atoms with E-state index in [0.29, 0.717) is 12.0 Å². The van der Waals surface area contributed by atoms with Crippen molar-refractivity contribution in [1.82, 2.24) is 19.9 Å². The van der Waals surface area contributed by atoms with Crippen LogP contribution in [0.1, 0.15) is 61.7 Å². The van der Waals surface area contributed by atoms with E-state index in [0.717, 1.165) is 38.0 Å². The Morgan fingerprint density at radius 2 is 1.77 bits per heavy atom. The zero-order valence-electron chi connectivity index (χ0n) is 15.2. The van der Waals surface area contributed by atoms with Crippen LogP contribution in [0.15, 0.2) is 36.5 Å². The first-order valence-electron chi connectivity index (χ1n) is 9.84. The SMILES string of the molecule is Fc1ccc(/C=C/CN2CCC(n3cc(C4CCCC4)nn3)CC2)cc1. The van der Waals surface area contributed by atoms with E-state index in [-0.39, 0.29) is 5.82 Å². The summed E-state index contributed by atoms with van der Waals surface area (Å²) in [6, 6.07) is 7.11. The number of rotatable bonds is 5. The van der Waals surface area contributed by atoms with E-state index in [1.165, 1.54) is 43.5 Å². The predicted octanol–water partition coefficient (Wildman–Crippen LogP) is 4.43. The highest BCUT2D eigenvalue weighted by Crippen LogP contribution is 2.33. The molecule has 4 rings (SSSR count). The molecule has 4 nitrogen and oxygen atoms in total. The summed E-state index contributed by atoms with van der Waals surface area (Å²) in [4.78, 5) is 2.46. The Balaban J connectivity index is 1.25. The standard InChI is InChI=1S/C21H27FN4/c22-19-9-7-17(8-10-19)4-3-13-25-14-11-20(12-15-25)26-16-21(23-24-26)18-5-1-2-6-18/h3-4,7-10,16,18,20H,1-2,5-6,11-15H2/b4-3+. The molecule has 0 amide bonds. The van der Waals surface area contributed by atoms with E-state index in [1.54, 1.807) is 0 Å². The van der Waals surface area contributed by atoms with Crippen molar-refractivity contribution >= 4 is 6.08 Å². The number of hydrogen-bond acceptors (Lipinski definition) is 3. The molecule has 138 valence electrons. The molecule has 0 bridgehead atoms. The first-order valence-corrected chi connectivity index (χ1v) is 9.84. The monoisotopic (exact) mass is 354 g/mol. The van der Waals surface area contributed by atoms with Gasteiger partial charge < -0.3 is 0 Å². The van der Waals surface area contributed by atoms with Crippen LogP contribution in [0.3, 0.4) is 0 Å². The second-order valence-corrected chi connectivity index (χ2v) is 7.59. The number of aromatic nitrogens is 3. The Hall–Kier alpha value is -2.01. The third-order valence-electron chi connectivity index (χ3n) is 5.78. The molecule has 2 fully saturated rings. The van der Waals surface area contributed by atoms with Crippen molar-refractivity contribution in [2.75, 3.05) is 19.6 Å². The van der Waals surface area contributed by atoms with E-state index in [4.69, 9.17) is 0 Å². The molecular weight excluding hydrogens is 327 g/mol. The summed E-state index contributed by atoms with van der Waals surface area (Å²) in [5.74, 6) is 0.453. The van der Waals surface area contributed by atoms with Crippen LogP contribution in [-0.2, 0) is 0 Å². The molecule has 1 aliphatic carbocycles. The van der Waals surface area contributed by atoms with Gasteiger partial charge in [-0.1, -0.05) is 42.3 Å². The summed E-state index contributed by atoms with van der Waals surface area (Å²) < 4.78 is 15.0. The zero-order valence-corrected chi connectivity index (χ0v) is 15.2. The molecule has 0 atom stereocenters. The molecule has 1 aliphatic heterocycles. The smallest absolute Gasteiger partial charge is 0.123 e. The summed E-state index contributed by atoms with van der Waals surface area (Å²) in [5, 5.41) is 8.87. The van der Waals surface area contributed by atoms with Gasteiger partial charge in [-0.25, -0.2) is 9.07 Å². The zero-order chi connectivity index (χ0) is 17.8. The van der Waals surface area contributed by atoms with Gasteiger partial charge in [0.1, 0.15) is 5.82 Å². The third-order valence-corrected chi connectivity index (χ3v) is 5.78. The second kappa shape index (κ2) is 8.12. The van der Waals surface area contributed by atoms with Gasteiger partial charge in [0.2, 0.25) is 0 Å². The molecule has 2 aliphatic rings. The van der Waals surface area contributed by atoms with Crippen LogP contribution in [0.25, 0.3) is 6.08 Å². The van der Waals surface area contributed by atoms with E-state index in [9.17, 15) is 4.39 Å². The largest absolute Gasteiger partial charge is 0.300 e. The first kappa shape index (κ1) is 17.4. The maximum absolute atomic E-state index is 12.9. The Morgan fingerprint density at radius 1 is 1.04 bits per heavy atom. The van der Waals surface area contributed by atoms with Crippen molar-refractivity contribution < 1.29 is 4.39 Å². The van der Waals surface area contributed by atoms with Crippen LogP contribution >= 0.6 is 0 Å². The van der Waals surface area contributed by atoms with Crippen molar-refractivity contribution in [2.45, 2.75) is 50.5 Å². The Kier molecular flexibility index (Phi) is 5.44. The summed E-state index contributed by atoms with van der Waals surface area (Å²) in [7, 11) is 0. The first-order chi connectivity index (χ1) is 12.8. The molecular formula is C21H27FN4. The minimum Gasteiger partial charge on any atom is -0.300 e. The van der Waals surface area contributed by atoms with Crippen molar-refractivity contribution in [2.24, 2.45) is 0 Å². The second-order valence-electron chi connectivity index (χ2n) is 7.59. The van der Waals surface area contributed by atoms with Gasteiger partial charge in [0.15, 0.2) is 0 Å². The minimum absolute atomic E-state index is 0.187. The summed E-state index contributed by atoms with van der Waals surface area (Å²) in [6.07, 6.45) is 13.9. The molecule has 0 spiro atoms. The highest BCUT2D eigenvalue weighted by atomic mass is 19.1.